The van der Waals surface area contributed by atoms with Crippen molar-refractivity contribution >= 4 is 0 Å². The molecule has 96 valence electrons. The summed E-state index contributed by atoms with van der Waals surface area (Å²) in [5.41, 5.74) is 8.55. The Morgan fingerprint density at radius 2 is 2.06 bits per heavy atom. The van der Waals surface area contributed by atoms with E-state index in [0.29, 0.717) is 12.1 Å². The number of aromatic nitrogens is 2. The second-order valence-corrected chi connectivity index (χ2v) is 5.36. The molecule has 0 aliphatic heterocycles. The molecule has 1 aromatic heterocycles. The fourth-order valence-corrected chi connectivity index (χ4v) is 2.64. The first kappa shape index (κ1) is 12.6. The topological polar surface area (TPSA) is 47.1 Å². The molecule has 0 amide bonds. The van der Waals surface area contributed by atoms with Gasteiger partial charge in [0.2, 0.25) is 0 Å². The molecule has 1 heterocycles. The summed E-state index contributed by atoms with van der Waals surface area (Å²) in [6, 6.07) is 1.12. The van der Waals surface area contributed by atoms with Crippen molar-refractivity contribution in [3.8, 4) is 0 Å². The quantitative estimate of drug-likeness (QED) is 0.863. The third kappa shape index (κ3) is 2.87. The van der Waals surface area contributed by atoms with Crippen LogP contribution in [-0.4, -0.2) is 33.8 Å². The molecule has 1 aliphatic carbocycles. The first-order valence-electron chi connectivity index (χ1n) is 6.51. The van der Waals surface area contributed by atoms with E-state index < -0.39 is 0 Å². The molecule has 1 saturated carbocycles. The van der Waals surface area contributed by atoms with Gasteiger partial charge in [0.15, 0.2) is 0 Å². The lowest BCUT2D eigenvalue weighted by atomic mass is 9.91. The van der Waals surface area contributed by atoms with Crippen LogP contribution in [-0.2, 0) is 13.6 Å². The van der Waals surface area contributed by atoms with Crippen LogP contribution in [0.4, 0.5) is 0 Å². The summed E-state index contributed by atoms with van der Waals surface area (Å²) in [4.78, 5) is 2.45. The molecule has 0 bridgehead atoms. The molecule has 0 saturated heterocycles. The van der Waals surface area contributed by atoms with Gasteiger partial charge in [-0.15, -0.1) is 0 Å². The van der Waals surface area contributed by atoms with E-state index >= 15 is 0 Å². The Bertz CT molecular complexity index is 363. The minimum absolute atomic E-state index is 0.430. The van der Waals surface area contributed by atoms with Crippen LogP contribution in [0.1, 0.15) is 36.9 Å². The van der Waals surface area contributed by atoms with E-state index in [-0.39, 0.29) is 0 Å². The van der Waals surface area contributed by atoms with Crippen LogP contribution in [0, 0.1) is 6.92 Å². The minimum atomic E-state index is 0.430. The van der Waals surface area contributed by atoms with Crippen molar-refractivity contribution < 1.29 is 0 Å². The second-order valence-electron chi connectivity index (χ2n) is 5.36. The van der Waals surface area contributed by atoms with E-state index in [1.54, 1.807) is 0 Å². The van der Waals surface area contributed by atoms with Crippen molar-refractivity contribution in [1.82, 2.24) is 14.7 Å². The van der Waals surface area contributed by atoms with E-state index in [9.17, 15) is 0 Å². The third-order valence-electron chi connectivity index (χ3n) is 4.12. The maximum absolute atomic E-state index is 5.95. The summed E-state index contributed by atoms with van der Waals surface area (Å²) in [5, 5.41) is 4.30. The van der Waals surface area contributed by atoms with Crippen molar-refractivity contribution in [3.05, 3.63) is 17.5 Å². The van der Waals surface area contributed by atoms with Crippen molar-refractivity contribution in [3.63, 3.8) is 0 Å². The Labute approximate surface area is 104 Å². The van der Waals surface area contributed by atoms with Gasteiger partial charge in [-0.25, -0.2) is 0 Å². The smallest absolute Gasteiger partial charge is 0.0537 e. The van der Waals surface area contributed by atoms with Gasteiger partial charge in [-0.2, -0.15) is 5.10 Å². The zero-order valence-electron chi connectivity index (χ0n) is 11.2. The van der Waals surface area contributed by atoms with Crippen LogP contribution < -0.4 is 5.73 Å². The van der Waals surface area contributed by atoms with Crippen LogP contribution in [0.15, 0.2) is 6.20 Å². The molecule has 0 aromatic carbocycles. The fraction of sp³-hybridized carbons (Fsp3) is 0.769. The van der Waals surface area contributed by atoms with E-state index in [2.05, 4.69) is 24.0 Å². The monoisotopic (exact) mass is 236 g/mol. The molecule has 0 spiro atoms. The van der Waals surface area contributed by atoms with Gasteiger partial charge < -0.3 is 5.73 Å². The summed E-state index contributed by atoms with van der Waals surface area (Å²) in [6.45, 7) is 3.13. The molecule has 4 heteroatoms. The molecular weight excluding hydrogens is 212 g/mol. The first-order valence-corrected chi connectivity index (χ1v) is 6.51. The van der Waals surface area contributed by atoms with E-state index in [1.807, 2.05) is 17.9 Å². The summed E-state index contributed by atoms with van der Waals surface area (Å²) >= 11 is 0. The Balaban J connectivity index is 1.93. The van der Waals surface area contributed by atoms with Gasteiger partial charge in [0.1, 0.15) is 0 Å². The first-order chi connectivity index (χ1) is 8.08. The van der Waals surface area contributed by atoms with Gasteiger partial charge in [-0.1, -0.05) is 0 Å². The number of rotatable bonds is 3. The van der Waals surface area contributed by atoms with Gasteiger partial charge in [-0.05, 0) is 39.7 Å². The average Bonchev–Trinajstić information content (AvgIpc) is 2.62. The minimum Gasteiger partial charge on any atom is -0.328 e. The molecular formula is C13H24N4. The van der Waals surface area contributed by atoms with Gasteiger partial charge >= 0.3 is 0 Å². The van der Waals surface area contributed by atoms with Crippen LogP contribution in [0.3, 0.4) is 0 Å². The lowest BCUT2D eigenvalue weighted by molar-refractivity contribution is 0.176. The molecule has 1 aliphatic rings. The molecule has 1 fully saturated rings. The summed E-state index contributed by atoms with van der Waals surface area (Å²) in [5.74, 6) is 0. The molecule has 2 N–H and O–H groups in total. The van der Waals surface area contributed by atoms with Crippen molar-refractivity contribution in [1.29, 1.82) is 0 Å². The Kier molecular flexibility index (Phi) is 3.84. The van der Waals surface area contributed by atoms with E-state index in [1.165, 1.54) is 36.9 Å². The van der Waals surface area contributed by atoms with Gasteiger partial charge in [0.05, 0.1) is 6.20 Å². The number of nitrogens with zero attached hydrogens (tertiary/aromatic N) is 3. The number of hydrogen-bond acceptors (Lipinski definition) is 3. The molecule has 1 aromatic rings. The van der Waals surface area contributed by atoms with Crippen LogP contribution >= 0.6 is 0 Å². The number of nitrogens with two attached hydrogens (primary N) is 1. The third-order valence-corrected chi connectivity index (χ3v) is 4.12. The highest BCUT2D eigenvalue weighted by atomic mass is 15.3. The van der Waals surface area contributed by atoms with Gasteiger partial charge in [0.25, 0.3) is 0 Å². The SMILES string of the molecule is Cc1c(CN(C)C2CCC(N)CC2)cnn1C. The molecule has 17 heavy (non-hydrogen) atoms. The fourth-order valence-electron chi connectivity index (χ4n) is 2.64. The largest absolute Gasteiger partial charge is 0.328 e. The van der Waals surface area contributed by atoms with Crippen LogP contribution in [0.2, 0.25) is 0 Å². The highest BCUT2D eigenvalue weighted by Crippen LogP contribution is 2.22. The van der Waals surface area contributed by atoms with Gasteiger partial charge in [0, 0.05) is 36.9 Å². The number of hydrogen-bond donors (Lipinski definition) is 1. The molecule has 0 atom stereocenters. The van der Waals surface area contributed by atoms with Crippen molar-refractivity contribution in [2.24, 2.45) is 12.8 Å². The average molecular weight is 236 g/mol. The zero-order chi connectivity index (χ0) is 12.4. The van der Waals surface area contributed by atoms with Gasteiger partial charge in [-0.3, -0.25) is 9.58 Å². The highest BCUT2D eigenvalue weighted by Gasteiger charge is 2.22. The van der Waals surface area contributed by atoms with Crippen molar-refractivity contribution in [2.75, 3.05) is 7.05 Å². The Hall–Kier alpha value is -0.870. The molecule has 4 nitrogen and oxygen atoms in total. The van der Waals surface area contributed by atoms with Crippen molar-refractivity contribution in [2.45, 2.75) is 51.2 Å². The van der Waals surface area contributed by atoms with Crippen LogP contribution in [0.25, 0.3) is 0 Å². The highest BCUT2D eigenvalue weighted by molar-refractivity contribution is 5.15. The molecule has 0 radical (unpaired) electrons. The second kappa shape index (κ2) is 5.19. The summed E-state index contributed by atoms with van der Waals surface area (Å²) in [7, 11) is 4.21. The Morgan fingerprint density at radius 1 is 1.41 bits per heavy atom. The lowest BCUT2D eigenvalue weighted by Crippen LogP contribution is -2.38. The zero-order valence-corrected chi connectivity index (χ0v) is 11.2. The number of aryl methyl sites for hydroxylation is 1. The molecule has 2 rings (SSSR count). The van der Waals surface area contributed by atoms with E-state index in [0.717, 1.165) is 6.54 Å². The van der Waals surface area contributed by atoms with E-state index in [4.69, 9.17) is 5.73 Å². The predicted octanol–water partition coefficient (Wildman–Crippen LogP) is 1.43. The predicted molar refractivity (Wildman–Crippen MR) is 69.6 cm³/mol. The van der Waals surface area contributed by atoms with Crippen LogP contribution in [0.5, 0.6) is 0 Å². The summed E-state index contributed by atoms with van der Waals surface area (Å²) < 4.78 is 1.94. The maximum atomic E-state index is 5.95. The molecule has 0 unspecified atom stereocenters. The summed E-state index contributed by atoms with van der Waals surface area (Å²) in [6.07, 6.45) is 6.79. The lowest BCUT2D eigenvalue weighted by Gasteiger charge is -2.33. The maximum Gasteiger partial charge on any atom is 0.0537 e. The Morgan fingerprint density at radius 3 is 2.59 bits per heavy atom. The standard InChI is InChI=1S/C13H24N4/c1-10-11(8-15-17(10)3)9-16(2)13-6-4-12(14)5-7-13/h8,12-13H,4-7,9,14H2,1-3H3. The normalized spacial score (nSPS) is 25.5.